The van der Waals surface area contributed by atoms with Gasteiger partial charge in [0.2, 0.25) is 0 Å². The van der Waals surface area contributed by atoms with Gasteiger partial charge in [-0.3, -0.25) is 0 Å². The van der Waals surface area contributed by atoms with Gasteiger partial charge in [0, 0.05) is 18.3 Å². The van der Waals surface area contributed by atoms with E-state index in [0.717, 1.165) is 0 Å². The van der Waals surface area contributed by atoms with Crippen LogP contribution in [0.15, 0.2) is 30.7 Å². The molecule has 0 radical (unpaired) electrons. The average molecular weight is 251 g/mol. The largest absolute Gasteiger partial charge is 0.478 e. The minimum atomic E-state index is -1.26. The van der Waals surface area contributed by atoms with Crippen molar-refractivity contribution >= 4 is 23.5 Å². The zero-order chi connectivity index (χ0) is 13.5. The lowest BCUT2D eigenvalue weighted by Gasteiger charge is -1.92. The quantitative estimate of drug-likeness (QED) is 0.601. The van der Waals surface area contributed by atoms with E-state index in [1.807, 2.05) is 0 Å². The summed E-state index contributed by atoms with van der Waals surface area (Å²) >= 11 is 0. The number of rotatable bonds is 2. The third kappa shape index (κ3) is 3.89. The maximum Gasteiger partial charge on any atom is 0.328 e. The van der Waals surface area contributed by atoms with Crippen molar-refractivity contribution in [2.45, 2.75) is 0 Å². The van der Waals surface area contributed by atoms with Crippen molar-refractivity contribution in [2.75, 3.05) is 5.73 Å². The SMILES string of the molecule is Nc1ccnc2ncnn12.O=C(O)/C=C/C(=O)O. The van der Waals surface area contributed by atoms with Crippen molar-refractivity contribution in [1.82, 2.24) is 19.6 Å². The Kier molecular flexibility index (Phi) is 4.32. The standard InChI is InChI=1S/C5H5N5.C4H4O4/c6-4-1-2-7-5-8-3-9-10(4)5;5-3(6)1-2-4(7)8/h1-3H,6H2;1-2H,(H,5,6)(H,7,8)/b;2-1+. The number of carboxylic acid groups (broad SMARTS) is 2. The van der Waals surface area contributed by atoms with Crippen LogP contribution in [0, 0.1) is 0 Å². The molecule has 0 spiro atoms. The summed E-state index contributed by atoms with van der Waals surface area (Å²) in [6, 6.07) is 1.67. The Morgan fingerprint density at radius 3 is 2.33 bits per heavy atom. The van der Waals surface area contributed by atoms with E-state index in [1.165, 1.54) is 10.8 Å². The first kappa shape index (κ1) is 13.1. The van der Waals surface area contributed by atoms with Crippen LogP contribution >= 0.6 is 0 Å². The van der Waals surface area contributed by atoms with Crippen LogP contribution in [0.3, 0.4) is 0 Å². The number of carboxylic acids is 2. The van der Waals surface area contributed by atoms with Crippen LogP contribution in [-0.2, 0) is 9.59 Å². The third-order valence-corrected chi connectivity index (χ3v) is 1.58. The number of carbonyl (C=O) groups is 2. The van der Waals surface area contributed by atoms with E-state index in [0.29, 0.717) is 23.7 Å². The molecule has 94 valence electrons. The fourth-order valence-corrected chi connectivity index (χ4v) is 0.899. The number of nitrogen functional groups attached to an aromatic ring is 1. The maximum absolute atomic E-state index is 9.55. The summed E-state index contributed by atoms with van der Waals surface area (Å²) in [5.41, 5.74) is 5.52. The Bertz CT molecular complexity index is 575. The number of aliphatic carboxylic acids is 2. The molecule has 9 nitrogen and oxygen atoms in total. The molecule has 2 aromatic heterocycles. The number of anilines is 1. The minimum absolute atomic E-state index is 0.528. The van der Waals surface area contributed by atoms with Crippen molar-refractivity contribution in [3.8, 4) is 0 Å². The number of fused-ring (bicyclic) bond motifs is 1. The van der Waals surface area contributed by atoms with E-state index in [1.54, 1.807) is 12.3 Å². The van der Waals surface area contributed by atoms with Crippen LogP contribution in [0.5, 0.6) is 0 Å². The molecule has 2 aromatic rings. The molecule has 0 bridgehead atoms. The number of aromatic nitrogens is 4. The monoisotopic (exact) mass is 251 g/mol. The first-order chi connectivity index (χ1) is 8.50. The number of nitrogens with zero attached hydrogens (tertiary/aromatic N) is 4. The summed E-state index contributed by atoms with van der Waals surface area (Å²) in [5, 5.41) is 19.5. The fraction of sp³-hybridized carbons (Fsp3) is 0. The molecule has 0 aliphatic carbocycles. The van der Waals surface area contributed by atoms with Gasteiger partial charge in [-0.1, -0.05) is 0 Å². The highest BCUT2D eigenvalue weighted by Gasteiger charge is 1.96. The Morgan fingerprint density at radius 2 is 1.83 bits per heavy atom. The van der Waals surface area contributed by atoms with Gasteiger partial charge in [0.1, 0.15) is 12.1 Å². The fourth-order valence-electron chi connectivity index (χ4n) is 0.899. The molecule has 18 heavy (non-hydrogen) atoms. The average Bonchev–Trinajstić information content (AvgIpc) is 2.77. The molecular formula is C9H9N5O4. The number of hydrogen-bond acceptors (Lipinski definition) is 6. The van der Waals surface area contributed by atoms with Gasteiger partial charge in [0.25, 0.3) is 5.78 Å². The van der Waals surface area contributed by atoms with Crippen LogP contribution in [0.1, 0.15) is 0 Å². The summed E-state index contributed by atoms with van der Waals surface area (Å²) in [6.07, 6.45) is 4.13. The van der Waals surface area contributed by atoms with Gasteiger partial charge in [-0.15, -0.1) is 0 Å². The Labute approximate surface area is 100 Å². The number of hydrogen-bond donors (Lipinski definition) is 3. The van der Waals surface area contributed by atoms with E-state index in [-0.39, 0.29) is 0 Å². The zero-order valence-corrected chi connectivity index (χ0v) is 8.96. The van der Waals surface area contributed by atoms with Gasteiger partial charge in [-0.2, -0.15) is 14.6 Å². The molecule has 0 amide bonds. The molecule has 9 heteroatoms. The van der Waals surface area contributed by atoms with Crippen LogP contribution in [-0.4, -0.2) is 41.7 Å². The Hall–Kier alpha value is -2.97. The lowest BCUT2D eigenvalue weighted by Crippen LogP contribution is -1.98. The lowest BCUT2D eigenvalue weighted by molar-refractivity contribution is -0.134. The summed E-state index contributed by atoms with van der Waals surface area (Å²) in [6.45, 7) is 0. The van der Waals surface area contributed by atoms with Gasteiger partial charge >= 0.3 is 11.9 Å². The van der Waals surface area contributed by atoms with E-state index in [4.69, 9.17) is 15.9 Å². The van der Waals surface area contributed by atoms with Gasteiger partial charge in [0.15, 0.2) is 0 Å². The number of nitrogens with two attached hydrogens (primary N) is 1. The molecule has 0 unspecified atom stereocenters. The van der Waals surface area contributed by atoms with E-state index < -0.39 is 11.9 Å². The predicted octanol–water partition coefficient (Wildman–Crippen LogP) is -0.582. The molecule has 0 aromatic carbocycles. The Morgan fingerprint density at radius 1 is 1.22 bits per heavy atom. The first-order valence-electron chi connectivity index (χ1n) is 4.55. The van der Waals surface area contributed by atoms with Crippen molar-refractivity contribution in [3.05, 3.63) is 30.7 Å². The second-order valence-electron chi connectivity index (χ2n) is 2.85. The molecule has 4 N–H and O–H groups in total. The van der Waals surface area contributed by atoms with Crippen LogP contribution in [0.2, 0.25) is 0 Å². The lowest BCUT2D eigenvalue weighted by atomic mass is 10.5. The first-order valence-corrected chi connectivity index (χ1v) is 4.55. The highest BCUT2D eigenvalue weighted by atomic mass is 16.4. The molecular weight excluding hydrogens is 242 g/mol. The summed E-state index contributed by atoms with van der Waals surface area (Å²) < 4.78 is 1.47. The third-order valence-electron chi connectivity index (χ3n) is 1.58. The summed E-state index contributed by atoms with van der Waals surface area (Å²) in [7, 11) is 0. The van der Waals surface area contributed by atoms with E-state index in [2.05, 4.69) is 15.1 Å². The summed E-state index contributed by atoms with van der Waals surface area (Å²) in [4.78, 5) is 26.9. The second kappa shape index (κ2) is 5.94. The van der Waals surface area contributed by atoms with Crippen molar-refractivity contribution < 1.29 is 19.8 Å². The topological polar surface area (TPSA) is 144 Å². The molecule has 2 rings (SSSR count). The highest BCUT2D eigenvalue weighted by Crippen LogP contribution is 1.99. The summed E-state index contributed by atoms with van der Waals surface area (Å²) in [5.74, 6) is -1.44. The van der Waals surface area contributed by atoms with E-state index in [9.17, 15) is 9.59 Å². The molecule has 0 fully saturated rings. The van der Waals surface area contributed by atoms with Crippen molar-refractivity contribution in [2.24, 2.45) is 0 Å². The Balaban J connectivity index is 0.000000187. The molecule has 0 saturated carbocycles. The van der Waals surface area contributed by atoms with Crippen LogP contribution in [0.4, 0.5) is 5.82 Å². The van der Waals surface area contributed by atoms with Gasteiger partial charge in [-0.05, 0) is 6.07 Å². The van der Waals surface area contributed by atoms with Gasteiger partial charge in [0.05, 0.1) is 0 Å². The van der Waals surface area contributed by atoms with Gasteiger partial charge in [-0.25, -0.2) is 14.6 Å². The molecule has 2 heterocycles. The molecule has 0 saturated heterocycles. The van der Waals surface area contributed by atoms with Crippen LogP contribution in [0.25, 0.3) is 5.78 Å². The second-order valence-corrected chi connectivity index (χ2v) is 2.85. The normalized spacial score (nSPS) is 10.0. The van der Waals surface area contributed by atoms with E-state index >= 15 is 0 Å². The highest BCUT2D eigenvalue weighted by molar-refractivity contribution is 5.89. The van der Waals surface area contributed by atoms with Crippen LogP contribution < -0.4 is 5.73 Å². The molecule has 0 aliphatic heterocycles. The van der Waals surface area contributed by atoms with Gasteiger partial charge < -0.3 is 15.9 Å². The predicted molar refractivity (Wildman–Crippen MR) is 59.6 cm³/mol. The molecule has 0 atom stereocenters. The smallest absolute Gasteiger partial charge is 0.328 e. The minimum Gasteiger partial charge on any atom is -0.478 e. The maximum atomic E-state index is 9.55. The van der Waals surface area contributed by atoms with Crippen molar-refractivity contribution in [3.63, 3.8) is 0 Å². The zero-order valence-electron chi connectivity index (χ0n) is 8.96. The van der Waals surface area contributed by atoms with Crippen molar-refractivity contribution in [1.29, 1.82) is 0 Å². The molecule has 0 aliphatic rings.